The first-order chi connectivity index (χ1) is 11.8. The molecule has 7 nitrogen and oxygen atoms in total. The summed E-state index contributed by atoms with van der Waals surface area (Å²) in [6.45, 7) is 5.13. The molecule has 0 bridgehead atoms. The van der Waals surface area contributed by atoms with Gasteiger partial charge in [0.2, 0.25) is 11.8 Å². The summed E-state index contributed by atoms with van der Waals surface area (Å²) >= 11 is 0. The molecule has 0 radical (unpaired) electrons. The van der Waals surface area contributed by atoms with E-state index in [1.54, 1.807) is 6.92 Å². The fourth-order valence-electron chi connectivity index (χ4n) is 2.30. The Morgan fingerprint density at radius 2 is 1.68 bits per heavy atom. The van der Waals surface area contributed by atoms with Crippen LogP contribution in [0.1, 0.15) is 32.8 Å². The Kier molecular flexibility index (Phi) is 8.07. The lowest BCUT2D eigenvalue weighted by Gasteiger charge is -2.25. The van der Waals surface area contributed by atoms with E-state index < -0.39 is 35.9 Å². The van der Waals surface area contributed by atoms with E-state index in [0.29, 0.717) is 6.42 Å². The van der Waals surface area contributed by atoms with Crippen LogP contribution in [-0.2, 0) is 20.8 Å². The molecule has 138 valence electrons. The monoisotopic (exact) mass is 349 g/mol. The number of nitrogens with two attached hydrogens (primary N) is 1. The maximum atomic E-state index is 12.6. The minimum atomic E-state index is -1.10. The fourth-order valence-corrected chi connectivity index (χ4v) is 2.30. The molecule has 0 aliphatic rings. The van der Waals surface area contributed by atoms with Gasteiger partial charge in [-0.2, -0.15) is 0 Å². The van der Waals surface area contributed by atoms with Gasteiger partial charge >= 0.3 is 5.97 Å². The molecule has 2 amide bonds. The van der Waals surface area contributed by atoms with Crippen molar-refractivity contribution in [2.24, 2.45) is 11.7 Å². The zero-order valence-corrected chi connectivity index (χ0v) is 14.9. The van der Waals surface area contributed by atoms with E-state index in [2.05, 4.69) is 10.6 Å². The average molecular weight is 349 g/mol. The number of amides is 2. The predicted molar refractivity (Wildman–Crippen MR) is 94.7 cm³/mol. The van der Waals surface area contributed by atoms with Crippen LogP contribution in [0.3, 0.4) is 0 Å². The molecule has 5 N–H and O–H groups in total. The SMILES string of the molecule is CC[C@H](C)[C@H](NC(=O)[C@H](Cc1ccccc1)NC(=O)[C@H](C)N)C(=O)O. The molecule has 0 spiro atoms. The Morgan fingerprint density at radius 3 is 2.16 bits per heavy atom. The van der Waals surface area contributed by atoms with Gasteiger partial charge in [-0.3, -0.25) is 9.59 Å². The summed E-state index contributed by atoms with van der Waals surface area (Å²) in [6.07, 6.45) is 0.852. The Bertz CT molecular complexity index is 589. The highest BCUT2D eigenvalue weighted by atomic mass is 16.4. The molecule has 0 heterocycles. The van der Waals surface area contributed by atoms with E-state index in [4.69, 9.17) is 5.73 Å². The summed E-state index contributed by atoms with van der Waals surface area (Å²) in [6, 6.07) is 6.50. The third-order valence-electron chi connectivity index (χ3n) is 4.11. The number of rotatable bonds is 9. The molecule has 0 fully saturated rings. The van der Waals surface area contributed by atoms with E-state index in [1.807, 2.05) is 37.3 Å². The molecule has 1 aromatic carbocycles. The minimum absolute atomic E-state index is 0.233. The van der Waals surface area contributed by atoms with Crippen LogP contribution in [0, 0.1) is 5.92 Å². The number of carboxylic acid groups (broad SMARTS) is 1. The van der Waals surface area contributed by atoms with Crippen LogP contribution in [0.4, 0.5) is 0 Å². The third kappa shape index (κ3) is 6.54. The zero-order chi connectivity index (χ0) is 19.0. The third-order valence-corrected chi connectivity index (χ3v) is 4.11. The first-order valence-corrected chi connectivity index (χ1v) is 8.39. The zero-order valence-electron chi connectivity index (χ0n) is 14.9. The summed E-state index contributed by atoms with van der Waals surface area (Å²) in [5.74, 6) is -2.33. The lowest BCUT2D eigenvalue weighted by atomic mass is 9.98. The van der Waals surface area contributed by atoms with Crippen LogP contribution < -0.4 is 16.4 Å². The van der Waals surface area contributed by atoms with Crippen molar-refractivity contribution in [3.63, 3.8) is 0 Å². The van der Waals surface area contributed by atoms with Gasteiger partial charge in [0.05, 0.1) is 6.04 Å². The minimum Gasteiger partial charge on any atom is -0.480 e. The summed E-state index contributed by atoms with van der Waals surface area (Å²) in [4.78, 5) is 36.0. The highest BCUT2D eigenvalue weighted by Gasteiger charge is 2.30. The van der Waals surface area contributed by atoms with Crippen molar-refractivity contribution in [3.05, 3.63) is 35.9 Å². The summed E-state index contributed by atoms with van der Waals surface area (Å²) < 4.78 is 0. The van der Waals surface area contributed by atoms with Gasteiger partial charge in [0.15, 0.2) is 0 Å². The van der Waals surface area contributed by atoms with Gasteiger partial charge in [-0.1, -0.05) is 50.6 Å². The van der Waals surface area contributed by atoms with Crippen LogP contribution in [0.15, 0.2) is 30.3 Å². The van der Waals surface area contributed by atoms with Crippen molar-refractivity contribution in [3.8, 4) is 0 Å². The van der Waals surface area contributed by atoms with Crippen molar-refractivity contribution in [1.82, 2.24) is 10.6 Å². The van der Waals surface area contributed by atoms with Crippen molar-refractivity contribution < 1.29 is 19.5 Å². The van der Waals surface area contributed by atoms with Crippen molar-refractivity contribution in [2.45, 2.75) is 51.7 Å². The fraction of sp³-hybridized carbons (Fsp3) is 0.500. The van der Waals surface area contributed by atoms with Crippen molar-refractivity contribution in [2.75, 3.05) is 0 Å². The molecule has 1 rings (SSSR count). The highest BCUT2D eigenvalue weighted by Crippen LogP contribution is 2.10. The molecular weight excluding hydrogens is 322 g/mol. The number of carbonyl (C=O) groups is 3. The Hall–Kier alpha value is -2.41. The first-order valence-electron chi connectivity index (χ1n) is 8.39. The van der Waals surface area contributed by atoms with Crippen LogP contribution >= 0.6 is 0 Å². The lowest BCUT2D eigenvalue weighted by Crippen LogP contribution is -2.56. The maximum absolute atomic E-state index is 12.6. The highest BCUT2D eigenvalue weighted by molar-refractivity contribution is 5.91. The second-order valence-corrected chi connectivity index (χ2v) is 6.25. The maximum Gasteiger partial charge on any atom is 0.326 e. The van der Waals surface area contributed by atoms with Gasteiger partial charge in [-0.15, -0.1) is 0 Å². The van der Waals surface area contributed by atoms with Crippen LogP contribution in [0.2, 0.25) is 0 Å². The predicted octanol–water partition coefficient (Wildman–Crippen LogP) is 0.677. The van der Waals surface area contributed by atoms with Gasteiger partial charge in [0, 0.05) is 6.42 Å². The molecule has 0 saturated heterocycles. The summed E-state index contributed by atoms with van der Waals surface area (Å²) in [5.41, 5.74) is 6.41. The second kappa shape index (κ2) is 9.78. The molecular formula is C18H27N3O4. The van der Waals surface area contributed by atoms with Crippen LogP contribution in [-0.4, -0.2) is 41.0 Å². The van der Waals surface area contributed by atoms with Gasteiger partial charge in [0.1, 0.15) is 12.1 Å². The van der Waals surface area contributed by atoms with Crippen LogP contribution in [0.5, 0.6) is 0 Å². The number of nitrogens with one attached hydrogen (secondary N) is 2. The Morgan fingerprint density at radius 1 is 1.08 bits per heavy atom. The largest absolute Gasteiger partial charge is 0.480 e. The van der Waals surface area contributed by atoms with E-state index in [1.165, 1.54) is 6.92 Å². The molecule has 25 heavy (non-hydrogen) atoms. The lowest BCUT2D eigenvalue weighted by molar-refractivity contribution is -0.143. The average Bonchev–Trinajstić information content (AvgIpc) is 2.58. The molecule has 0 aliphatic heterocycles. The van der Waals surface area contributed by atoms with E-state index >= 15 is 0 Å². The number of carbonyl (C=O) groups excluding carboxylic acids is 2. The Balaban J connectivity index is 2.94. The second-order valence-electron chi connectivity index (χ2n) is 6.25. The van der Waals surface area contributed by atoms with Gasteiger partial charge in [-0.05, 0) is 18.4 Å². The summed E-state index contributed by atoms with van der Waals surface area (Å²) in [7, 11) is 0. The standard InChI is InChI=1S/C18H27N3O4/c1-4-11(2)15(18(24)25)21-17(23)14(20-16(22)12(3)19)10-13-8-6-5-7-9-13/h5-9,11-12,14-15H,4,10,19H2,1-3H3,(H,20,22)(H,21,23)(H,24,25)/t11-,12-,14-,15-/m0/s1. The molecule has 1 aromatic rings. The quantitative estimate of drug-likeness (QED) is 0.522. The van der Waals surface area contributed by atoms with Crippen molar-refractivity contribution >= 4 is 17.8 Å². The topological polar surface area (TPSA) is 122 Å². The number of hydrogen-bond acceptors (Lipinski definition) is 4. The first kappa shape index (κ1) is 20.6. The molecule has 0 saturated carbocycles. The summed E-state index contributed by atoms with van der Waals surface area (Å²) in [5, 5.41) is 14.5. The van der Waals surface area contributed by atoms with Gasteiger partial charge < -0.3 is 21.5 Å². The van der Waals surface area contributed by atoms with Crippen LogP contribution in [0.25, 0.3) is 0 Å². The van der Waals surface area contributed by atoms with E-state index in [9.17, 15) is 19.5 Å². The molecule has 7 heteroatoms. The number of hydrogen-bond donors (Lipinski definition) is 4. The molecule has 4 atom stereocenters. The normalized spacial score (nSPS) is 15.5. The number of aliphatic carboxylic acids is 1. The van der Waals surface area contributed by atoms with Gasteiger partial charge in [0.25, 0.3) is 0 Å². The number of carboxylic acids is 1. The van der Waals surface area contributed by atoms with E-state index in [-0.39, 0.29) is 12.3 Å². The van der Waals surface area contributed by atoms with Gasteiger partial charge in [-0.25, -0.2) is 4.79 Å². The van der Waals surface area contributed by atoms with Crippen molar-refractivity contribution in [1.29, 1.82) is 0 Å². The molecule has 0 aromatic heterocycles. The number of benzene rings is 1. The smallest absolute Gasteiger partial charge is 0.326 e. The Labute approximate surface area is 148 Å². The van der Waals surface area contributed by atoms with E-state index in [0.717, 1.165) is 5.56 Å². The molecule has 0 unspecified atom stereocenters. The molecule has 0 aliphatic carbocycles.